The lowest BCUT2D eigenvalue weighted by molar-refractivity contribution is 0.416. The molecular weight excluding hydrogens is 334 g/mol. The summed E-state index contributed by atoms with van der Waals surface area (Å²) in [4.78, 5) is 4.36. The van der Waals surface area contributed by atoms with Crippen LogP contribution in [-0.2, 0) is 0 Å². The Morgan fingerprint density at radius 2 is 1.88 bits per heavy atom. The second kappa shape index (κ2) is 4.97. The molecule has 0 saturated carbocycles. The minimum Gasteiger partial charge on any atom is -0.496 e. The number of benzene rings is 1. The molecule has 0 spiro atoms. The molecule has 0 aliphatic rings. The summed E-state index contributed by atoms with van der Waals surface area (Å²) in [5.41, 5.74) is 1.84. The van der Waals surface area contributed by atoms with Gasteiger partial charge in [-0.1, -0.05) is 12.1 Å². The van der Waals surface area contributed by atoms with Crippen LogP contribution < -0.4 is 4.74 Å². The highest BCUT2D eigenvalue weighted by Gasteiger charge is 2.11. The zero-order chi connectivity index (χ0) is 11.5. The smallest absolute Gasteiger partial charge is 0.128 e. The van der Waals surface area contributed by atoms with E-state index in [-0.39, 0.29) is 0 Å². The van der Waals surface area contributed by atoms with Gasteiger partial charge in [-0.25, -0.2) is 0 Å². The minimum absolute atomic E-state index is 0.814. The van der Waals surface area contributed by atoms with Crippen LogP contribution in [0.4, 0.5) is 0 Å². The van der Waals surface area contributed by atoms with Gasteiger partial charge in [0.2, 0.25) is 0 Å². The van der Waals surface area contributed by atoms with E-state index in [0.717, 1.165) is 26.0 Å². The van der Waals surface area contributed by atoms with Gasteiger partial charge in [0.15, 0.2) is 0 Å². The molecule has 0 atom stereocenters. The number of hydrogen-bond acceptors (Lipinski definition) is 2. The highest BCUT2D eigenvalue weighted by atomic mass is 79.9. The Bertz CT molecular complexity index is 514. The van der Waals surface area contributed by atoms with Crippen molar-refractivity contribution in [1.82, 2.24) is 4.98 Å². The van der Waals surface area contributed by atoms with Gasteiger partial charge in [0.05, 0.1) is 17.3 Å². The highest BCUT2D eigenvalue weighted by molar-refractivity contribution is 9.13. The number of aromatic nitrogens is 1. The predicted octanol–water partition coefficient (Wildman–Crippen LogP) is 4.28. The Hall–Kier alpha value is -0.870. The topological polar surface area (TPSA) is 22.1 Å². The number of nitrogens with zero attached hydrogens (tertiary/aromatic N) is 1. The monoisotopic (exact) mass is 341 g/mol. The Morgan fingerprint density at radius 3 is 2.62 bits per heavy atom. The Labute approximate surface area is 111 Å². The Balaban J connectivity index is 2.63. The molecular formula is C12H9Br2NO. The van der Waals surface area contributed by atoms with Crippen LogP contribution in [0.15, 0.2) is 45.5 Å². The van der Waals surface area contributed by atoms with Crippen LogP contribution in [0, 0.1) is 0 Å². The largest absolute Gasteiger partial charge is 0.496 e. The third kappa shape index (κ3) is 2.13. The molecule has 0 aliphatic carbocycles. The molecule has 0 N–H and O–H groups in total. The van der Waals surface area contributed by atoms with E-state index in [1.807, 2.05) is 30.3 Å². The van der Waals surface area contributed by atoms with E-state index in [1.165, 1.54) is 0 Å². The summed E-state index contributed by atoms with van der Waals surface area (Å²) in [6.45, 7) is 0. The zero-order valence-electron chi connectivity index (χ0n) is 8.58. The molecule has 0 aliphatic heterocycles. The van der Waals surface area contributed by atoms with Gasteiger partial charge in [-0.05, 0) is 50.1 Å². The van der Waals surface area contributed by atoms with Gasteiger partial charge in [-0.2, -0.15) is 0 Å². The van der Waals surface area contributed by atoms with E-state index in [0.29, 0.717) is 0 Å². The SMILES string of the molecule is COc1ccccc1-c1nccc(Br)c1Br. The zero-order valence-corrected chi connectivity index (χ0v) is 11.7. The van der Waals surface area contributed by atoms with Crippen LogP contribution >= 0.6 is 31.9 Å². The molecule has 0 unspecified atom stereocenters. The maximum atomic E-state index is 5.32. The van der Waals surface area contributed by atoms with E-state index < -0.39 is 0 Å². The molecule has 2 nitrogen and oxygen atoms in total. The van der Waals surface area contributed by atoms with Crippen LogP contribution in [-0.4, -0.2) is 12.1 Å². The van der Waals surface area contributed by atoms with Crippen LogP contribution in [0.2, 0.25) is 0 Å². The average molecular weight is 343 g/mol. The second-order valence-electron chi connectivity index (χ2n) is 3.16. The van der Waals surface area contributed by atoms with Crippen LogP contribution in [0.5, 0.6) is 5.75 Å². The summed E-state index contributed by atoms with van der Waals surface area (Å²) in [6, 6.07) is 9.70. The van der Waals surface area contributed by atoms with Crippen molar-refractivity contribution in [2.75, 3.05) is 7.11 Å². The number of halogens is 2. The van der Waals surface area contributed by atoms with E-state index in [9.17, 15) is 0 Å². The quantitative estimate of drug-likeness (QED) is 0.812. The standard InChI is InChI=1S/C12H9Br2NO/c1-16-10-5-3-2-4-8(10)12-11(14)9(13)6-7-15-12/h2-7H,1H3. The van der Waals surface area contributed by atoms with Gasteiger partial charge in [-0.3, -0.25) is 4.98 Å². The molecule has 2 rings (SSSR count). The number of hydrogen-bond donors (Lipinski definition) is 0. The van der Waals surface area contributed by atoms with Gasteiger partial charge in [0.1, 0.15) is 5.75 Å². The molecule has 0 fully saturated rings. The summed E-state index contributed by atoms with van der Waals surface area (Å²) in [7, 11) is 1.66. The molecule has 0 saturated heterocycles. The van der Waals surface area contributed by atoms with E-state index in [2.05, 4.69) is 36.8 Å². The Kier molecular flexibility index (Phi) is 3.61. The summed E-state index contributed by atoms with van der Waals surface area (Å²) < 4.78 is 7.22. The summed E-state index contributed by atoms with van der Waals surface area (Å²) >= 11 is 6.98. The summed E-state index contributed by atoms with van der Waals surface area (Å²) in [6.07, 6.45) is 1.76. The first-order valence-corrected chi connectivity index (χ1v) is 6.26. The van der Waals surface area contributed by atoms with Crippen molar-refractivity contribution < 1.29 is 4.74 Å². The number of ether oxygens (including phenoxy) is 1. The van der Waals surface area contributed by atoms with Crippen LogP contribution in [0.1, 0.15) is 0 Å². The molecule has 0 amide bonds. The third-order valence-corrected chi connectivity index (χ3v) is 4.20. The maximum absolute atomic E-state index is 5.32. The summed E-state index contributed by atoms with van der Waals surface area (Å²) in [5, 5.41) is 0. The van der Waals surface area contributed by atoms with Crippen LogP contribution in [0.25, 0.3) is 11.3 Å². The lowest BCUT2D eigenvalue weighted by atomic mass is 10.1. The second-order valence-corrected chi connectivity index (χ2v) is 4.80. The molecule has 0 bridgehead atoms. The molecule has 82 valence electrons. The van der Waals surface area contributed by atoms with Crippen molar-refractivity contribution in [2.45, 2.75) is 0 Å². The predicted molar refractivity (Wildman–Crippen MR) is 71.6 cm³/mol. The third-order valence-electron chi connectivity index (χ3n) is 2.20. The van der Waals surface area contributed by atoms with Crippen molar-refractivity contribution >= 4 is 31.9 Å². The van der Waals surface area contributed by atoms with Crippen LogP contribution in [0.3, 0.4) is 0 Å². The van der Waals surface area contributed by atoms with Gasteiger partial charge >= 0.3 is 0 Å². The van der Waals surface area contributed by atoms with Gasteiger partial charge in [0, 0.05) is 16.2 Å². The molecule has 4 heteroatoms. The lowest BCUT2D eigenvalue weighted by Crippen LogP contribution is -1.91. The first-order valence-electron chi connectivity index (χ1n) is 4.67. The summed E-state index contributed by atoms with van der Waals surface area (Å²) in [5.74, 6) is 0.814. The van der Waals surface area contributed by atoms with Gasteiger partial charge in [0.25, 0.3) is 0 Å². The molecule has 1 aromatic carbocycles. The van der Waals surface area contributed by atoms with Crippen molar-refractivity contribution in [1.29, 1.82) is 0 Å². The fraction of sp³-hybridized carbons (Fsp3) is 0.0833. The fourth-order valence-electron chi connectivity index (χ4n) is 1.45. The number of pyridine rings is 1. The molecule has 16 heavy (non-hydrogen) atoms. The number of methoxy groups -OCH3 is 1. The average Bonchev–Trinajstić information content (AvgIpc) is 2.33. The Morgan fingerprint density at radius 1 is 1.12 bits per heavy atom. The number of rotatable bonds is 2. The maximum Gasteiger partial charge on any atom is 0.128 e. The molecule has 1 heterocycles. The van der Waals surface area contributed by atoms with Gasteiger partial charge in [-0.15, -0.1) is 0 Å². The molecule has 1 aromatic heterocycles. The molecule has 0 radical (unpaired) electrons. The first-order chi connectivity index (χ1) is 7.74. The number of para-hydroxylation sites is 1. The molecule has 2 aromatic rings. The minimum atomic E-state index is 0.814. The van der Waals surface area contributed by atoms with E-state index in [1.54, 1.807) is 13.3 Å². The normalized spacial score (nSPS) is 10.2. The highest BCUT2D eigenvalue weighted by Crippen LogP contribution is 2.36. The first kappa shape index (κ1) is 11.6. The van der Waals surface area contributed by atoms with Crippen molar-refractivity contribution in [3.05, 3.63) is 45.5 Å². The fourth-order valence-corrected chi connectivity index (χ4v) is 2.20. The van der Waals surface area contributed by atoms with Crippen molar-refractivity contribution in [3.8, 4) is 17.0 Å². The van der Waals surface area contributed by atoms with Crippen molar-refractivity contribution in [3.63, 3.8) is 0 Å². The lowest BCUT2D eigenvalue weighted by Gasteiger charge is -2.09. The van der Waals surface area contributed by atoms with E-state index in [4.69, 9.17) is 4.74 Å². The van der Waals surface area contributed by atoms with Crippen molar-refractivity contribution in [2.24, 2.45) is 0 Å². The van der Waals surface area contributed by atoms with E-state index >= 15 is 0 Å². The van der Waals surface area contributed by atoms with Gasteiger partial charge < -0.3 is 4.74 Å².